The highest BCUT2D eigenvalue weighted by Crippen LogP contribution is 2.19. The molecular weight excluding hydrogens is 565 g/mol. The number of carbonyl (C=O) groups is 4. The number of nitrogens with one attached hydrogen (secondary N) is 3. The lowest BCUT2D eigenvalue weighted by molar-refractivity contribution is -0.140. The lowest BCUT2D eigenvalue weighted by Gasteiger charge is -2.22. The molecule has 0 fully saturated rings. The molecule has 0 heterocycles. The van der Waals surface area contributed by atoms with Gasteiger partial charge in [-0.1, -0.05) is 0 Å². The Hall–Kier alpha value is -3.49. The first-order valence-corrected chi connectivity index (χ1v) is 11.2. The normalized spacial score (nSPS) is 12.5. The minimum Gasteiger partial charge on any atom is -0.481 e. The largest absolute Gasteiger partial charge is 0.481 e. The number of rotatable bonds is 14. The van der Waals surface area contributed by atoms with E-state index in [1.807, 2.05) is 0 Å². The zero-order chi connectivity index (χ0) is 25.4. The Bertz CT molecular complexity index is 1140. The van der Waals surface area contributed by atoms with Gasteiger partial charge < -0.3 is 31.3 Å². The van der Waals surface area contributed by atoms with Crippen molar-refractivity contribution in [2.24, 2.45) is 0 Å². The van der Waals surface area contributed by atoms with Gasteiger partial charge in [-0.2, -0.15) is 0 Å². The highest BCUT2D eigenvalue weighted by molar-refractivity contribution is 14.1. The minimum atomic E-state index is -1.46. The standard InChI is InChI=1S/C21H22IN3O9/c22-11-5-3-10(4-6-11)19(30)23-9-1-2-12(20(31)32)24-15-16(18(29)17(15)28)25-13(21(33)34)7-8-14(26)27/h3-6,12-13,24-25H,1-2,7-9H2,(H,23,30)(H,26,27)(H,31,32)(H,33,34)/t12-,13-/m0/s1. The first-order valence-electron chi connectivity index (χ1n) is 10.1. The summed E-state index contributed by atoms with van der Waals surface area (Å²) in [4.78, 5) is 69.6. The molecule has 34 heavy (non-hydrogen) atoms. The van der Waals surface area contributed by atoms with Crippen LogP contribution in [0.25, 0.3) is 0 Å². The van der Waals surface area contributed by atoms with Crippen molar-refractivity contribution in [3.05, 3.63) is 53.8 Å². The van der Waals surface area contributed by atoms with E-state index in [1.165, 1.54) is 0 Å². The summed E-state index contributed by atoms with van der Waals surface area (Å²) in [5, 5.41) is 34.8. The van der Waals surface area contributed by atoms with Crippen LogP contribution < -0.4 is 26.8 Å². The Morgan fingerprint density at radius 1 is 0.824 bits per heavy atom. The van der Waals surface area contributed by atoms with E-state index in [1.54, 1.807) is 24.3 Å². The second-order valence-corrected chi connectivity index (χ2v) is 8.56. The van der Waals surface area contributed by atoms with Gasteiger partial charge in [0, 0.05) is 22.1 Å². The molecule has 0 saturated heterocycles. The van der Waals surface area contributed by atoms with Crippen LogP contribution in [0.2, 0.25) is 0 Å². The number of carbonyl (C=O) groups excluding carboxylic acids is 1. The van der Waals surface area contributed by atoms with Crippen LogP contribution in [0, 0.1) is 3.57 Å². The van der Waals surface area contributed by atoms with E-state index in [4.69, 9.17) is 5.11 Å². The Balaban J connectivity index is 1.97. The van der Waals surface area contributed by atoms with Crippen molar-refractivity contribution in [3.8, 4) is 0 Å². The fourth-order valence-corrected chi connectivity index (χ4v) is 3.37. The van der Waals surface area contributed by atoms with Gasteiger partial charge in [-0.25, -0.2) is 9.59 Å². The molecule has 0 aromatic heterocycles. The lowest BCUT2D eigenvalue weighted by Crippen LogP contribution is -2.44. The van der Waals surface area contributed by atoms with E-state index >= 15 is 0 Å². The van der Waals surface area contributed by atoms with Crippen LogP contribution in [0.1, 0.15) is 36.0 Å². The van der Waals surface area contributed by atoms with Gasteiger partial charge in [0.05, 0.1) is 0 Å². The van der Waals surface area contributed by atoms with Crippen molar-refractivity contribution in [2.45, 2.75) is 37.8 Å². The average Bonchev–Trinajstić information content (AvgIpc) is 2.78. The van der Waals surface area contributed by atoms with Crippen LogP contribution in [0.15, 0.2) is 33.9 Å². The molecule has 0 unspecified atom stereocenters. The molecule has 0 aliphatic carbocycles. The summed E-state index contributed by atoms with van der Waals surface area (Å²) in [5.41, 5.74) is -2.37. The highest BCUT2D eigenvalue weighted by Gasteiger charge is 2.29. The minimum absolute atomic E-state index is 0.0120. The number of carboxylic acids is 3. The van der Waals surface area contributed by atoms with Gasteiger partial charge in [0.25, 0.3) is 16.8 Å². The van der Waals surface area contributed by atoms with E-state index in [0.717, 1.165) is 3.57 Å². The number of halogens is 1. The molecule has 0 bridgehead atoms. The molecule has 2 aromatic carbocycles. The van der Waals surface area contributed by atoms with Crippen LogP contribution in [-0.4, -0.2) is 57.8 Å². The Labute approximate surface area is 206 Å². The summed E-state index contributed by atoms with van der Waals surface area (Å²) < 4.78 is 0.966. The second-order valence-electron chi connectivity index (χ2n) is 7.32. The summed E-state index contributed by atoms with van der Waals surface area (Å²) in [6, 6.07) is 4.10. The number of carboxylic acid groups (broad SMARTS) is 3. The number of aliphatic carboxylic acids is 3. The van der Waals surface area contributed by atoms with Gasteiger partial charge in [0.2, 0.25) is 0 Å². The molecule has 0 spiro atoms. The van der Waals surface area contributed by atoms with Crippen LogP contribution in [0.3, 0.4) is 0 Å². The van der Waals surface area contributed by atoms with Gasteiger partial charge >= 0.3 is 17.9 Å². The molecule has 2 rings (SSSR count). The zero-order valence-electron chi connectivity index (χ0n) is 17.7. The molecule has 6 N–H and O–H groups in total. The van der Waals surface area contributed by atoms with Gasteiger partial charge in [0.15, 0.2) is 0 Å². The SMILES string of the molecule is O=C(O)CC[C@H](Nc1c(N[C@@H](CCCNC(=O)c2ccc(I)cc2)C(=O)O)c(=O)c1=O)C(=O)O. The monoisotopic (exact) mass is 587 g/mol. The zero-order valence-corrected chi connectivity index (χ0v) is 19.8. The molecule has 2 aromatic rings. The fourth-order valence-electron chi connectivity index (χ4n) is 3.01. The summed E-state index contributed by atoms with van der Waals surface area (Å²) in [6.45, 7) is 0.156. The molecule has 0 saturated carbocycles. The Morgan fingerprint density at radius 2 is 1.32 bits per heavy atom. The maximum atomic E-state index is 12.1. The van der Waals surface area contributed by atoms with Gasteiger partial charge in [-0.3, -0.25) is 19.2 Å². The van der Waals surface area contributed by atoms with Crippen molar-refractivity contribution in [2.75, 3.05) is 17.2 Å². The Morgan fingerprint density at radius 3 is 1.79 bits per heavy atom. The van der Waals surface area contributed by atoms with Crippen molar-refractivity contribution in [1.29, 1.82) is 0 Å². The van der Waals surface area contributed by atoms with Gasteiger partial charge in [0.1, 0.15) is 23.5 Å². The molecule has 0 radical (unpaired) electrons. The van der Waals surface area contributed by atoms with E-state index in [2.05, 4.69) is 38.5 Å². The number of benzene rings is 1. The van der Waals surface area contributed by atoms with Crippen LogP contribution in [-0.2, 0) is 14.4 Å². The predicted molar refractivity (Wildman–Crippen MR) is 129 cm³/mol. The van der Waals surface area contributed by atoms with E-state index in [0.29, 0.717) is 5.56 Å². The molecule has 182 valence electrons. The van der Waals surface area contributed by atoms with Gasteiger partial charge in [-0.05, 0) is 66.1 Å². The van der Waals surface area contributed by atoms with Crippen molar-refractivity contribution in [3.63, 3.8) is 0 Å². The predicted octanol–water partition coefficient (Wildman–Crippen LogP) is 0.692. The maximum absolute atomic E-state index is 12.1. The summed E-state index contributed by atoms with van der Waals surface area (Å²) in [5.74, 6) is -4.31. The van der Waals surface area contributed by atoms with E-state index in [-0.39, 0.29) is 37.4 Å². The Kier molecular flexibility index (Phi) is 9.53. The van der Waals surface area contributed by atoms with Crippen LogP contribution >= 0.6 is 22.6 Å². The summed E-state index contributed by atoms with van der Waals surface area (Å²) >= 11 is 2.10. The van der Waals surface area contributed by atoms with E-state index < -0.39 is 53.0 Å². The number of hydrogen-bond acceptors (Lipinski definition) is 8. The number of anilines is 2. The van der Waals surface area contributed by atoms with Crippen molar-refractivity contribution < 1.29 is 34.5 Å². The van der Waals surface area contributed by atoms with Crippen molar-refractivity contribution >= 4 is 57.8 Å². The topological polar surface area (TPSA) is 199 Å². The average molecular weight is 587 g/mol. The molecule has 1 amide bonds. The molecule has 0 aliphatic heterocycles. The lowest BCUT2D eigenvalue weighted by atomic mass is 10.1. The van der Waals surface area contributed by atoms with Crippen molar-refractivity contribution in [1.82, 2.24) is 5.32 Å². The highest BCUT2D eigenvalue weighted by atomic mass is 127. The smallest absolute Gasteiger partial charge is 0.326 e. The molecular formula is C21H22IN3O9. The maximum Gasteiger partial charge on any atom is 0.326 e. The van der Waals surface area contributed by atoms with Crippen LogP contribution in [0.4, 0.5) is 11.4 Å². The molecule has 0 aliphatic rings. The quantitative estimate of drug-likeness (QED) is 0.103. The molecule has 2 atom stereocenters. The number of amides is 1. The van der Waals surface area contributed by atoms with E-state index in [9.17, 15) is 39.0 Å². The summed E-state index contributed by atoms with van der Waals surface area (Å²) in [7, 11) is 0. The fraction of sp³-hybridized carbons (Fsp3) is 0.333. The first kappa shape index (κ1) is 26.8. The molecule has 12 nitrogen and oxygen atoms in total. The third-order valence-corrected chi connectivity index (χ3v) is 5.57. The second kappa shape index (κ2) is 12.1. The number of hydrogen-bond donors (Lipinski definition) is 6. The third kappa shape index (κ3) is 7.26. The molecule has 13 heteroatoms. The third-order valence-electron chi connectivity index (χ3n) is 4.85. The summed E-state index contributed by atoms with van der Waals surface area (Å²) in [6.07, 6.45) is -0.629. The first-order chi connectivity index (χ1) is 16.0. The van der Waals surface area contributed by atoms with Gasteiger partial charge in [-0.15, -0.1) is 0 Å². The van der Waals surface area contributed by atoms with Crippen LogP contribution in [0.5, 0.6) is 0 Å².